The van der Waals surface area contributed by atoms with E-state index in [9.17, 15) is 9.90 Å². The number of rotatable bonds is 3. The van der Waals surface area contributed by atoms with Gasteiger partial charge in [-0.2, -0.15) is 0 Å². The van der Waals surface area contributed by atoms with Crippen molar-refractivity contribution in [2.45, 2.75) is 13.0 Å². The van der Waals surface area contributed by atoms with Gasteiger partial charge in [0.1, 0.15) is 5.75 Å². The largest absolute Gasteiger partial charge is 0.506 e. The van der Waals surface area contributed by atoms with Crippen molar-refractivity contribution in [1.82, 2.24) is 4.90 Å². The third-order valence-corrected chi connectivity index (χ3v) is 3.78. The van der Waals surface area contributed by atoms with Crippen LogP contribution in [-0.4, -0.2) is 29.0 Å². The van der Waals surface area contributed by atoms with Gasteiger partial charge >= 0.3 is 0 Å². The number of primary amides is 1. The van der Waals surface area contributed by atoms with E-state index < -0.39 is 0 Å². The number of likely N-dealkylation sites (tertiary alicyclic amines) is 1. The van der Waals surface area contributed by atoms with Gasteiger partial charge in [0.05, 0.1) is 10.4 Å². The maximum absolute atomic E-state index is 11.1. The van der Waals surface area contributed by atoms with Gasteiger partial charge in [-0.25, -0.2) is 0 Å². The number of para-hydroxylation sites is 1. The number of hydrogen-bond acceptors (Lipinski definition) is 3. The van der Waals surface area contributed by atoms with Crippen LogP contribution in [0.2, 0.25) is 0 Å². The van der Waals surface area contributed by atoms with E-state index in [1.165, 1.54) is 0 Å². The molecule has 2 rings (SSSR count). The van der Waals surface area contributed by atoms with Gasteiger partial charge in [-0.3, -0.25) is 9.69 Å². The third kappa shape index (κ3) is 2.79. The first-order valence-electron chi connectivity index (χ1n) is 5.56. The summed E-state index contributed by atoms with van der Waals surface area (Å²) in [6.07, 6.45) is 0.810. The lowest BCUT2D eigenvalue weighted by molar-refractivity contribution is -0.121. The van der Waals surface area contributed by atoms with E-state index in [2.05, 4.69) is 20.8 Å². The molecular formula is C12H15BrN2O2. The lowest BCUT2D eigenvalue weighted by atomic mass is 10.1. The van der Waals surface area contributed by atoms with Crippen LogP contribution in [0.15, 0.2) is 22.7 Å². The Kier molecular flexibility index (Phi) is 3.69. The zero-order valence-electron chi connectivity index (χ0n) is 9.40. The SMILES string of the molecule is NC(=O)C1CCN(Cc2cccc(Br)c2O)C1. The lowest BCUT2D eigenvalue weighted by Gasteiger charge is -2.16. The van der Waals surface area contributed by atoms with Crippen LogP contribution < -0.4 is 5.73 Å². The average molecular weight is 299 g/mol. The fraction of sp³-hybridized carbons (Fsp3) is 0.417. The number of amides is 1. The molecule has 1 atom stereocenters. The van der Waals surface area contributed by atoms with Gasteiger partial charge < -0.3 is 10.8 Å². The smallest absolute Gasteiger partial charge is 0.221 e. The number of nitrogens with two attached hydrogens (primary N) is 1. The van der Waals surface area contributed by atoms with Crippen molar-refractivity contribution in [3.05, 3.63) is 28.2 Å². The van der Waals surface area contributed by atoms with Gasteiger partial charge in [-0.15, -0.1) is 0 Å². The quantitative estimate of drug-likeness (QED) is 0.888. The number of carbonyl (C=O) groups excluding carboxylic acids is 1. The average Bonchev–Trinajstić information content (AvgIpc) is 2.73. The summed E-state index contributed by atoms with van der Waals surface area (Å²) in [6, 6.07) is 5.58. The predicted molar refractivity (Wildman–Crippen MR) is 68.4 cm³/mol. The molecule has 0 spiro atoms. The maximum Gasteiger partial charge on any atom is 0.221 e. The van der Waals surface area contributed by atoms with Crippen LogP contribution in [0.3, 0.4) is 0 Å². The Morgan fingerprint density at radius 3 is 3.00 bits per heavy atom. The lowest BCUT2D eigenvalue weighted by Crippen LogP contribution is -2.27. The number of nitrogens with zero attached hydrogens (tertiary/aromatic N) is 1. The van der Waals surface area contributed by atoms with Gasteiger partial charge in [-0.1, -0.05) is 12.1 Å². The van der Waals surface area contributed by atoms with E-state index in [4.69, 9.17) is 5.73 Å². The van der Waals surface area contributed by atoms with Crippen LogP contribution in [0, 0.1) is 5.92 Å². The summed E-state index contributed by atoms with van der Waals surface area (Å²) in [5.74, 6) is -0.00900. The summed E-state index contributed by atoms with van der Waals surface area (Å²) < 4.78 is 0.695. The van der Waals surface area contributed by atoms with Crippen molar-refractivity contribution in [3.63, 3.8) is 0 Å². The van der Waals surface area contributed by atoms with Crippen LogP contribution >= 0.6 is 15.9 Å². The molecule has 5 heteroatoms. The highest BCUT2D eigenvalue weighted by Crippen LogP contribution is 2.29. The Bertz CT molecular complexity index is 437. The standard InChI is InChI=1S/C12H15BrN2O2/c13-10-3-1-2-8(11(10)16)6-15-5-4-9(7-15)12(14)17/h1-3,9,16H,4-7H2,(H2,14,17). The van der Waals surface area contributed by atoms with Gasteiger partial charge in [-0.05, 0) is 35.0 Å². The summed E-state index contributed by atoms with van der Waals surface area (Å²) in [5.41, 5.74) is 6.15. The predicted octanol–water partition coefficient (Wildman–Crippen LogP) is 1.46. The Balaban J connectivity index is 2.03. The number of phenolic OH excluding ortho intramolecular Hbond substituents is 1. The minimum Gasteiger partial charge on any atom is -0.506 e. The molecule has 4 nitrogen and oxygen atoms in total. The molecule has 1 saturated heterocycles. The molecule has 92 valence electrons. The molecule has 0 saturated carbocycles. The maximum atomic E-state index is 11.1. The zero-order chi connectivity index (χ0) is 12.4. The first kappa shape index (κ1) is 12.4. The van der Waals surface area contributed by atoms with Crippen molar-refractivity contribution < 1.29 is 9.90 Å². The Morgan fingerprint density at radius 2 is 2.35 bits per heavy atom. The number of benzene rings is 1. The van der Waals surface area contributed by atoms with E-state index in [1.54, 1.807) is 6.07 Å². The second-order valence-corrected chi connectivity index (χ2v) is 5.22. The zero-order valence-corrected chi connectivity index (χ0v) is 11.0. The number of aromatic hydroxyl groups is 1. The fourth-order valence-corrected chi connectivity index (χ4v) is 2.54. The van der Waals surface area contributed by atoms with Gasteiger partial charge in [0, 0.05) is 18.7 Å². The summed E-state index contributed by atoms with van der Waals surface area (Å²) in [4.78, 5) is 13.2. The molecule has 0 aliphatic carbocycles. The molecule has 0 radical (unpaired) electrons. The second-order valence-electron chi connectivity index (χ2n) is 4.37. The van der Waals surface area contributed by atoms with Crippen LogP contribution in [0.1, 0.15) is 12.0 Å². The molecule has 1 amide bonds. The highest BCUT2D eigenvalue weighted by molar-refractivity contribution is 9.10. The third-order valence-electron chi connectivity index (χ3n) is 3.14. The van der Waals surface area contributed by atoms with E-state index >= 15 is 0 Å². The molecule has 1 aliphatic heterocycles. The van der Waals surface area contributed by atoms with Crippen LogP contribution in [-0.2, 0) is 11.3 Å². The summed E-state index contributed by atoms with van der Waals surface area (Å²) >= 11 is 3.29. The molecule has 17 heavy (non-hydrogen) atoms. The molecule has 1 heterocycles. The van der Waals surface area contributed by atoms with Crippen molar-refractivity contribution >= 4 is 21.8 Å². The molecule has 1 aliphatic rings. The first-order valence-corrected chi connectivity index (χ1v) is 6.35. The minimum absolute atomic E-state index is 0.0516. The monoisotopic (exact) mass is 298 g/mol. The van der Waals surface area contributed by atoms with E-state index in [1.807, 2.05) is 12.1 Å². The highest BCUT2D eigenvalue weighted by Gasteiger charge is 2.26. The van der Waals surface area contributed by atoms with E-state index in [0.29, 0.717) is 17.6 Å². The Hall–Kier alpha value is -1.07. The fourth-order valence-electron chi connectivity index (χ4n) is 2.14. The normalized spacial score (nSPS) is 20.6. The number of phenols is 1. The molecular weight excluding hydrogens is 284 g/mol. The van der Waals surface area contributed by atoms with Crippen LogP contribution in [0.4, 0.5) is 0 Å². The van der Waals surface area contributed by atoms with E-state index in [-0.39, 0.29) is 17.6 Å². The molecule has 1 aromatic rings. The molecule has 1 aromatic carbocycles. The number of halogens is 1. The minimum atomic E-state index is -0.231. The van der Waals surface area contributed by atoms with Crippen LogP contribution in [0.5, 0.6) is 5.75 Å². The molecule has 3 N–H and O–H groups in total. The Morgan fingerprint density at radius 1 is 1.59 bits per heavy atom. The van der Waals surface area contributed by atoms with Crippen molar-refractivity contribution in [2.24, 2.45) is 11.7 Å². The summed E-state index contributed by atoms with van der Waals surface area (Å²) in [5, 5.41) is 9.87. The highest BCUT2D eigenvalue weighted by atomic mass is 79.9. The van der Waals surface area contributed by atoms with Crippen molar-refractivity contribution in [2.75, 3.05) is 13.1 Å². The number of carbonyl (C=O) groups is 1. The summed E-state index contributed by atoms with van der Waals surface area (Å²) in [6.45, 7) is 2.18. The van der Waals surface area contributed by atoms with Crippen molar-refractivity contribution in [1.29, 1.82) is 0 Å². The van der Waals surface area contributed by atoms with Gasteiger partial charge in [0.15, 0.2) is 0 Å². The number of hydrogen-bond donors (Lipinski definition) is 2. The molecule has 0 aromatic heterocycles. The molecule has 0 bridgehead atoms. The molecule has 1 fully saturated rings. The van der Waals surface area contributed by atoms with Gasteiger partial charge in [0.2, 0.25) is 5.91 Å². The van der Waals surface area contributed by atoms with Crippen LogP contribution in [0.25, 0.3) is 0 Å². The second kappa shape index (κ2) is 5.06. The first-order chi connectivity index (χ1) is 8.08. The van der Waals surface area contributed by atoms with Gasteiger partial charge in [0.25, 0.3) is 0 Å². The van der Waals surface area contributed by atoms with Crippen molar-refractivity contribution in [3.8, 4) is 5.75 Å². The summed E-state index contributed by atoms with van der Waals surface area (Å²) in [7, 11) is 0. The molecule has 1 unspecified atom stereocenters. The topological polar surface area (TPSA) is 66.6 Å². The Labute approximate surface area is 109 Å². The van der Waals surface area contributed by atoms with E-state index in [0.717, 1.165) is 18.5 Å².